The molecule has 4 atom stereocenters. The monoisotopic (exact) mass is 465 g/mol. The number of carbonyl (C=O) groups is 1. The highest BCUT2D eigenvalue weighted by Gasteiger charge is 2.44. The molecule has 0 N–H and O–H groups in total. The molecule has 2 fully saturated rings. The lowest BCUT2D eigenvalue weighted by Gasteiger charge is -2.51. The van der Waals surface area contributed by atoms with Gasteiger partial charge in [0.15, 0.2) is 0 Å². The number of methoxy groups -OCH3 is 1. The average Bonchev–Trinajstić information content (AvgIpc) is 2.73. The minimum absolute atomic E-state index is 0.0535. The summed E-state index contributed by atoms with van der Waals surface area (Å²) in [5.74, 6) is 3.74. The van der Waals surface area contributed by atoms with Crippen molar-refractivity contribution in [2.24, 2.45) is 11.8 Å². The first kappa shape index (κ1) is 24.9. The molecule has 3 rings (SSSR count). The number of carbonyl (C=O) groups excluding carboxylic acids is 1. The lowest BCUT2D eigenvalue weighted by molar-refractivity contribution is -0.144. The molecule has 1 saturated carbocycles. The van der Waals surface area contributed by atoms with Gasteiger partial charge in [-0.15, -0.1) is 5.54 Å². The number of ether oxygens (including phenoxy) is 1. The van der Waals surface area contributed by atoms with Crippen LogP contribution in [0.1, 0.15) is 55.7 Å². The van der Waals surface area contributed by atoms with Crippen LogP contribution in [0.2, 0.25) is 19.6 Å². The van der Waals surface area contributed by atoms with Crippen molar-refractivity contribution in [2.45, 2.75) is 76.4 Å². The van der Waals surface area contributed by atoms with E-state index in [0.717, 1.165) is 37.7 Å². The van der Waals surface area contributed by atoms with Crippen molar-refractivity contribution in [2.75, 3.05) is 13.7 Å². The molecule has 7 heteroatoms. The highest BCUT2D eigenvalue weighted by atomic mass is 28.3. The van der Waals surface area contributed by atoms with Crippen LogP contribution in [0.3, 0.4) is 0 Å². The number of nitrogens with zero attached hydrogens (tertiary/aromatic N) is 1. The number of alkyl halides is 3. The van der Waals surface area contributed by atoms with Crippen LogP contribution in [0.5, 0.6) is 0 Å². The van der Waals surface area contributed by atoms with Gasteiger partial charge in [-0.1, -0.05) is 50.5 Å². The van der Waals surface area contributed by atoms with Crippen molar-refractivity contribution in [3.63, 3.8) is 0 Å². The van der Waals surface area contributed by atoms with Crippen LogP contribution in [0, 0.1) is 23.3 Å². The number of hydrogen-bond donors (Lipinski definition) is 0. The second-order valence-electron chi connectivity index (χ2n) is 10.2. The third kappa shape index (κ3) is 6.17. The summed E-state index contributed by atoms with van der Waals surface area (Å²) < 4.78 is 44.3. The van der Waals surface area contributed by atoms with E-state index in [9.17, 15) is 18.0 Å². The Balaban J connectivity index is 1.95. The summed E-state index contributed by atoms with van der Waals surface area (Å²) in [6.45, 7) is 7.24. The summed E-state index contributed by atoms with van der Waals surface area (Å²) in [5, 5.41) is 0. The van der Waals surface area contributed by atoms with Gasteiger partial charge >= 0.3 is 12.1 Å². The van der Waals surface area contributed by atoms with E-state index in [0.29, 0.717) is 18.9 Å². The quantitative estimate of drug-likeness (QED) is 0.307. The zero-order chi connectivity index (χ0) is 23.5. The van der Waals surface area contributed by atoms with Crippen LogP contribution < -0.4 is 0 Å². The average molecular weight is 466 g/mol. The normalized spacial score (nSPS) is 26.6. The molecule has 4 unspecified atom stereocenters. The second-order valence-corrected chi connectivity index (χ2v) is 14.9. The zero-order valence-corrected chi connectivity index (χ0v) is 20.5. The number of halogens is 3. The van der Waals surface area contributed by atoms with Crippen LogP contribution in [-0.2, 0) is 15.7 Å². The minimum atomic E-state index is -4.35. The van der Waals surface area contributed by atoms with E-state index in [1.165, 1.54) is 19.2 Å². The first-order valence-corrected chi connectivity index (χ1v) is 15.0. The fourth-order valence-corrected chi connectivity index (χ4v) is 5.92. The maximum absolute atomic E-state index is 13.1. The van der Waals surface area contributed by atoms with E-state index >= 15 is 0 Å². The maximum Gasteiger partial charge on any atom is 0.416 e. The van der Waals surface area contributed by atoms with E-state index in [4.69, 9.17) is 4.74 Å². The Hall–Kier alpha value is -1.78. The summed E-state index contributed by atoms with van der Waals surface area (Å²) >= 11 is 0. The summed E-state index contributed by atoms with van der Waals surface area (Å²) in [6.07, 6.45) is 1.13. The van der Waals surface area contributed by atoms with E-state index < -0.39 is 19.8 Å². The number of piperidine rings is 1. The van der Waals surface area contributed by atoms with Crippen molar-refractivity contribution in [3.8, 4) is 11.5 Å². The van der Waals surface area contributed by atoms with E-state index in [2.05, 4.69) is 36.0 Å². The summed E-state index contributed by atoms with van der Waals surface area (Å²) in [6, 6.07) is 5.78. The van der Waals surface area contributed by atoms with Crippen molar-refractivity contribution >= 4 is 14.0 Å². The van der Waals surface area contributed by atoms with E-state index in [1.807, 2.05) is 0 Å². The first-order chi connectivity index (χ1) is 15.0. The van der Waals surface area contributed by atoms with Crippen LogP contribution in [0.15, 0.2) is 24.3 Å². The van der Waals surface area contributed by atoms with Crippen molar-refractivity contribution < 1.29 is 22.7 Å². The molecule has 0 spiro atoms. The predicted octanol–water partition coefficient (Wildman–Crippen LogP) is 6.07. The van der Waals surface area contributed by atoms with Crippen LogP contribution in [0.4, 0.5) is 13.2 Å². The zero-order valence-electron chi connectivity index (χ0n) is 19.5. The van der Waals surface area contributed by atoms with Crippen molar-refractivity contribution in [1.29, 1.82) is 0 Å². The van der Waals surface area contributed by atoms with Gasteiger partial charge in [-0.2, -0.15) is 13.2 Å². The van der Waals surface area contributed by atoms with Gasteiger partial charge in [0.2, 0.25) is 0 Å². The number of fused-ring (bicyclic) bond motifs is 1. The highest BCUT2D eigenvalue weighted by Crippen LogP contribution is 2.47. The Morgan fingerprint density at radius 2 is 1.81 bits per heavy atom. The number of likely N-dealkylation sites (tertiary alicyclic amines) is 1. The molecule has 1 saturated heterocycles. The molecule has 0 aromatic heterocycles. The second kappa shape index (κ2) is 10.0. The number of benzene rings is 1. The Labute approximate surface area is 190 Å². The third-order valence-corrected chi connectivity index (χ3v) is 7.67. The van der Waals surface area contributed by atoms with Gasteiger partial charge in [-0.3, -0.25) is 9.69 Å². The number of hydrogen-bond acceptors (Lipinski definition) is 3. The lowest BCUT2D eigenvalue weighted by atomic mass is 9.68. The molecular formula is C25H34F3NO2Si. The van der Waals surface area contributed by atoms with Gasteiger partial charge in [-0.25, -0.2) is 0 Å². The van der Waals surface area contributed by atoms with Gasteiger partial charge in [0.25, 0.3) is 0 Å². The molecule has 2 aliphatic rings. The van der Waals surface area contributed by atoms with Gasteiger partial charge in [0.05, 0.1) is 19.2 Å². The molecule has 176 valence electrons. The molecule has 0 radical (unpaired) electrons. The van der Waals surface area contributed by atoms with Gasteiger partial charge in [-0.05, 0) is 48.8 Å². The van der Waals surface area contributed by atoms with Crippen LogP contribution in [-0.4, -0.2) is 38.6 Å². The van der Waals surface area contributed by atoms with Crippen molar-refractivity contribution in [1.82, 2.24) is 4.90 Å². The molecule has 32 heavy (non-hydrogen) atoms. The summed E-state index contributed by atoms with van der Waals surface area (Å²) in [5.41, 5.74) is 3.67. The number of esters is 1. The standard InChI is InChI=1S/C25H34F3NO2Si/c1-31-24(30)17-19-16-23(18-10-12-20(13-11-18)25(26,27)28)29(14-7-15-32(2,3)4)22-9-6-5-8-21(19)22/h10-13,19,21-23H,5-6,8-9,14,16-17H2,1-4H3. The van der Waals surface area contributed by atoms with Gasteiger partial charge < -0.3 is 4.74 Å². The lowest BCUT2D eigenvalue weighted by Crippen LogP contribution is -2.52. The van der Waals surface area contributed by atoms with E-state index in [1.54, 1.807) is 12.1 Å². The fraction of sp³-hybridized carbons (Fsp3) is 0.640. The summed E-state index contributed by atoms with van der Waals surface area (Å²) in [7, 11) is -0.117. The topological polar surface area (TPSA) is 29.5 Å². The fourth-order valence-electron chi connectivity index (χ4n) is 5.31. The highest BCUT2D eigenvalue weighted by molar-refractivity contribution is 6.83. The van der Waals surface area contributed by atoms with Gasteiger partial charge in [0, 0.05) is 18.5 Å². The molecule has 1 aromatic carbocycles. The first-order valence-electron chi connectivity index (χ1n) is 11.5. The Morgan fingerprint density at radius 1 is 1.16 bits per heavy atom. The third-order valence-electron chi connectivity index (χ3n) is 6.74. The predicted molar refractivity (Wildman–Crippen MR) is 122 cm³/mol. The largest absolute Gasteiger partial charge is 0.469 e. The van der Waals surface area contributed by atoms with Crippen LogP contribution >= 0.6 is 0 Å². The Bertz CT molecular complexity index is 851. The van der Waals surface area contributed by atoms with Crippen molar-refractivity contribution in [3.05, 3.63) is 35.4 Å². The maximum atomic E-state index is 13.1. The minimum Gasteiger partial charge on any atom is -0.469 e. The molecule has 1 heterocycles. The molecule has 1 aromatic rings. The molecule has 0 bridgehead atoms. The SMILES string of the molecule is COC(=O)CC1CC(c2ccc(C(F)(F)F)cc2)N(CC#C[Si](C)(C)C)C2CCCCC12. The molecule has 0 amide bonds. The Kier molecular flexibility index (Phi) is 7.77. The smallest absolute Gasteiger partial charge is 0.416 e. The van der Waals surface area contributed by atoms with Gasteiger partial charge in [0.1, 0.15) is 8.07 Å². The molecule has 1 aliphatic carbocycles. The Morgan fingerprint density at radius 3 is 2.41 bits per heavy atom. The summed E-state index contributed by atoms with van der Waals surface area (Å²) in [4.78, 5) is 14.5. The molecule has 3 nitrogen and oxygen atoms in total. The van der Waals surface area contributed by atoms with E-state index in [-0.39, 0.29) is 24.0 Å². The molecule has 1 aliphatic heterocycles. The molecular weight excluding hydrogens is 431 g/mol. The van der Waals surface area contributed by atoms with Crippen LogP contribution in [0.25, 0.3) is 0 Å². The number of rotatable bonds is 4.